The average Bonchev–Trinajstić information content (AvgIpc) is 2.45. The molecule has 0 aliphatic rings. The fourth-order valence-electron chi connectivity index (χ4n) is 1.87. The highest BCUT2D eigenvalue weighted by Crippen LogP contribution is 2.21. The predicted molar refractivity (Wildman–Crippen MR) is 72.6 cm³/mol. The number of nitrogens with two attached hydrogens (primary N) is 1. The van der Waals surface area contributed by atoms with Crippen molar-refractivity contribution in [2.45, 2.75) is 6.54 Å². The Hall–Kier alpha value is -2.70. The number of anilines is 1. The van der Waals surface area contributed by atoms with Crippen molar-refractivity contribution in [3.8, 4) is 0 Å². The van der Waals surface area contributed by atoms with Crippen molar-refractivity contribution in [1.82, 2.24) is 0 Å². The van der Waals surface area contributed by atoms with E-state index in [2.05, 4.69) is 10.5 Å². The second kappa shape index (κ2) is 6.17. The molecular weight excluding hydrogens is 283 g/mol. The summed E-state index contributed by atoms with van der Waals surface area (Å²) < 4.78 is 39.8. The minimum atomic E-state index is -1.03. The number of rotatable bonds is 4. The van der Waals surface area contributed by atoms with Gasteiger partial charge in [-0.2, -0.15) is 0 Å². The van der Waals surface area contributed by atoms with Gasteiger partial charge in [0.05, 0.1) is 0 Å². The summed E-state index contributed by atoms with van der Waals surface area (Å²) in [7, 11) is 0. The van der Waals surface area contributed by atoms with Gasteiger partial charge in [-0.05, 0) is 5.56 Å². The molecule has 0 atom stereocenters. The van der Waals surface area contributed by atoms with E-state index in [1.807, 2.05) is 0 Å². The molecule has 2 aromatic carbocycles. The van der Waals surface area contributed by atoms with Crippen LogP contribution in [0.5, 0.6) is 0 Å². The van der Waals surface area contributed by atoms with Crippen LogP contribution in [0.2, 0.25) is 0 Å². The van der Waals surface area contributed by atoms with E-state index >= 15 is 0 Å². The molecule has 2 aromatic rings. The number of hydrogen-bond acceptors (Lipinski definition) is 3. The Morgan fingerprint density at radius 2 is 1.76 bits per heavy atom. The number of halogens is 3. The van der Waals surface area contributed by atoms with E-state index in [0.717, 1.165) is 0 Å². The van der Waals surface area contributed by atoms with Gasteiger partial charge in [-0.1, -0.05) is 29.4 Å². The third kappa shape index (κ3) is 3.25. The zero-order chi connectivity index (χ0) is 15.4. The third-order valence-electron chi connectivity index (χ3n) is 2.86. The van der Waals surface area contributed by atoms with E-state index < -0.39 is 23.1 Å². The molecule has 2 rings (SSSR count). The van der Waals surface area contributed by atoms with Gasteiger partial charge >= 0.3 is 0 Å². The van der Waals surface area contributed by atoms with Gasteiger partial charge in [-0.3, -0.25) is 0 Å². The molecule has 0 aliphatic heterocycles. The van der Waals surface area contributed by atoms with Crippen molar-refractivity contribution in [3.63, 3.8) is 0 Å². The molecule has 21 heavy (non-hydrogen) atoms. The Morgan fingerprint density at radius 1 is 1.14 bits per heavy atom. The fraction of sp³-hybridized carbons (Fsp3) is 0.0714. The van der Waals surface area contributed by atoms with Crippen LogP contribution in [0, 0.1) is 17.5 Å². The number of nitrogens with zero attached hydrogens (tertiary/aromatic N) is 1. The van der Waals surface area contributed by atoms with Crippen LogP contribution in [0.3, 0.4) is 0 Å². The van der Waals surface area contributed by atoms with Crippen LogP contribution in [0.25, 0.3) is 0 Å². The lowest BCUT2D eigenvalue weighted by Crippen LogP contribution is -2.17. The molecule has 0 saturated heterocycles. The molecule has 0 bridgehead atoms. The molecule has 0 spiro atoms. The van der Waals surface area contributed by atoms with E-state index in [9.17, 15) is 13.2 Å². The third-order valence-corrected chi connectivity index (χ3v) is 2.86. The summed E-state index contributed by atoms with van der Waals surface area (Å²) in [6.07, 6.45) is 0. The van der Waals surface area contributed by atoms with Gasteiger partial charge in [-0.15, -0.1) is 0 Å². The molecule has 0 radical (unpaired) electrons. The molecule has 0 heterocycles. The quantitative estimate of drug-likeness (QED) is 0.351. The summed E-state index contributed by atoms with van der Waals surface area (Å²) in [6, 6.07) is 7.79. The highest BCUT2D eigenvalue weighted by Gasteiger charge is 2.12. The summed E-state index contributed by atoms with van der Waals surface area (Å²) in [6.45, 7) is 0.0197. The van der Waals surface area contributed by atoms with Crippen LogP contribution >= 0.6 is 0 Å². The predicted octanol–water partition coefficient (Wildman–Crippen LogP) is 2.81. The Bertz CT molecular complexity index is 666. The van der Waals surface area contributed by atoms with E-state index in [4.69, 9.17) is 10.9 Å². The molecule has 0 saturated carbocycles. The lowest BCUT2D eigenvalue weighted by Gasteiger charge is -2.12. The zero-order valence-corrected chi connectivity index (χ0v) is 10.8. The first-order chi connectivity index (χ1) is 10.0. The number of benzene rings is 2. The first kappa shape index (κ1) is 14.7. The van der Waals surface area contributed by atoms with Gasteiger partial charge in [-0.25, -0.2) is 13.2 Å². The second-order valence-corrected chi connectivity index (χ2v) is 4.24. The normalized spacial score (nSPS) is 11.5. The van der Waals surface area contributed by atoms with Crippen molar-refractivity contribution in [2.24, 2.45) is 10.9 Å². The standard InChI is InChI=1S/C14H12F3N3O/c15-9-5-11(16)13(12(17)6-9)19-7-8-3-1-2-4-10(8)14(18)20-21/h1-6,19,21H,7H2,(H2,18,20). The first-order valence-electron chi connectivity index (χ1n) is 5.97. The van der Waals surface area contributed by atoms with E-state index in [1.165, 1.54) is 0 Å². The average molecular weight is 295 g/mol. The minimum absolute atomic E-state index is 0.0197. The number of nitrogens with one attached hydrogen (secondary N) is 1. The summed E-state index contributed by atoms with van der Waals surface area (Å²) in [5, 5.41) is 14.1. The lowest BCUT2D eigenvalue weighted by atomic mass is 10.1. The van der Waals surface area contributed by atoms with Crippen LogP contribution in [-0.4, -0.2) is 11.0 Å². The summed E-state index contributed by atoms with van der Waals surface area (Å²) >= 11 is 0. The highest BCUT2D eigenvalue weighted by atomic mass is 19.1. The summed E-state index contributed by atoms with van der Waals surface area (Å²) in [5.74, 6) is -3.18. The monoisotopic (exact) mass is 295 g/mol. The van der Waals surface area contributed by atoms with Crippen molar-refractivity contribution in [1.29, 1.82) is 0 Å². The van der Waals surface area contributed by atoms with Crippen molar-refractivity contribution < 1.29 is 18.4 Å². The van der Waals surface area contributed by atoms with Crippen LogP contribution in [-0.2, 0) is 6.54 Å². The Morgan fingerprint density at radius 3 is 2.38 bits per heavy atom. The van der Waals surface area contributed by atoms with Gasteiger partial charge in [0.2, 0.25) is 0 Å². The summed E-state index contributed by atoms with van der Waals surface area (Å²) in [4.78, 5) is 0. The van der Waals surface area contributed by atoms with Gasteiger partial charge in [0.25, 0.3) is 0 Å². The molecule has 0 fully saturated rings. The first-order valence-corrected chi connectivity index (χ1v) is 5.97. The van der Waals surface area contributed by atoms with Crippen LogP contribution in [0.1, 0.15) is 11.1 Å². The molecule has 0 aromatic heterocycles. The molecule has 0 aliphatic carbocycles. The van der Waals surface area contributed by atoms with Gasteiger partial charge in [0.1, 0.15) is 11.5 Å². The Labute approximate surface area is 118 Å². The number of hydrogen-bond donors (Lipinski definition) is 3. The van der Waals surface area contributed by atoms with Crippen LogP contribution < -0.4 is 11.1 Å². The van der Waals surface area contributed by atoms with E-state index in [0.29, 0.717) is 23.3 Å². The number of oxime groups is 1. The van der Waals surface area contributed by atoms with Gasteiger partial charge < -0.3 is 16.3 Å². The molecular formula is C14H12F3N3O. The zero-order valence-electron chi connectivity index (χ0n) is 10.8. The largest absolute Gasteiger partial charge is 0.409 e. The molecule has 110 valence electrons. The van der Waals surface area contributed by atoms with Crippen molar-refractivity contribution in [3.05, 3.63) is 65.0 Å². The second-order valence-electron chi connectivity index (χ2n) is 4.24. The molecule has 7 heteroatoms. The van der Waals surface area contributed by atoms with Gasteiger partial charge in [0, 0.05) is 24.2 Å². The molecule has 0 amide bonds. The molecule has 4 N–H and O–H groups in total. The van der Waals surface area contributed by atoms with Crippen molar-refractivity contribution >= 4 is 11.5 Å². The maximum Gasteiger partial charge on any atom is 0.170 e. The molecule has 0 unspecified atom stereocenters. The van der Waals surface area contributed by atoms with Crippen molar-refractivity contribution in [2.75, 3.05) is 5.32 Å². The Balaban J connectivity index is 2.26. The SMILES string of the molecule is NC(=NO)c1ccccc1CNc1c(F)cc(F)cc1F. The number of amidine groups is 1. The van der Waals surface area contributed by atoms with Crippen LogP contribution in [0.4, 0.5) is 18.9 Å². The smallest absolute Gasteiger partial charge is 0.170 e. The van der Waals surface area contributed by atoms with Gasteiger partial charge in [0.15, 0.2) is 17.5 Å². The topological polar surface area (TPSA) is 70.6 Å². The molecule has 4 nitrogen and oxygen atoms in total. The van der Waals surface area contributed by atoms with E-state index in [1.54, 1.807) is 24.3 Å². The summed E-state index contributed by atoms with van der Waals surface area (Å²) in [5.41, 5.74) is 6.07. The maximum absolute atomic E-state index is 13.5. The minimum Gasteiger partial charge on any atom is -0.409 e. The van der Waals surface area contributed by atoms with E-state index in [-0.39, 0.29) is 12.4 Å². The lowest BCUT2D eigenvalue weighted by molar-refractivity contribution is 0.318. The Kier molecular flexibility index (Phi) is 4.32. The fourth-order valence-corrected chi connectivity index (χ4v) is 1.87. The highest BCUT2D eigenvalue weighted by molar-refractivity contribution is 5.98. The maximum atomic E-state index is 13.5. The van der Waals surface area contributed by atoms with Crippen LogP contribution in [0.15, 0.2) is 41.6 Å².